The second-order valence-corrected chi connectivity index (χ2v) is 6.11. The van der Waals surface area contributed by atoms with Gasteiger partial charge in [-0.15, -0.1) is 5.11 Å². The molecule has 0 aromatic carbocycles. The number of nitrogens with zero attached hydrogens (tertiary/aromatic N) is 4. The van der Waals surface area contributed by atoms with Gasteiger partial charge in [-0.05, 0) is 0 Å². The summed E-state index contributed by atoms with van der Waals surface area (Å²) in [6, 6.07) is -0.746. The normalized spacial score (nSPS) is 27.9. The monoisotopic (exact) mass is 424 g/mol. The van der Waals surface area contributed by atoms with Gasteiger partial charge >= 0.3 is 23.8 Å². The van der Waals surface area contributed by atoms with Crippen LogP contribution in [-0.2, 0) is 47.7 Å². The Morgan fingerprint density at radius 3 is 2.20 bits per heavy atom. The first kappa shape index (κ1) is 22.6. The molecule has 2 rings (SSSR count). The van der Waals surface area contributed by atoms with Crippen LogP contribution in [0.4, 0.5) is 0 Å². The molecule has 2 heterocycles. The van der Waals surface area contributed by atoms with Crippen molar-refractivity contribution in [3.05, 3.63) is 0 Å². The van der Waals surface area contributed by atoms with E-state index in [0.29, 0.717) is 5.01 Å². The number of Topliss-reactive ketones (excluding diaryl/α,β-unsaturated/α-hetero) is 2. The van der Waals surface area contributed by atoms with Gasteiger partial charge in [-0.3, -0.25) is 28.8 Å². The molecule has 1 fully saturated rings. The van der Waals surface area contributed by atoms with E-state index >= 15 is 0 Å². The Hall–Kier alpha value is -3.73. The number of esters is 3. The molecule has 14 heteroatoms. The number of rotatable bonds is 6. The van der Waals surface area contributed by atoms with Crippen LogP contribution in [0.3, 0.4) is 0 Å². The van der Waals surface area contributed by atoms with E-state index in [1.165, 1.54) is 6.07 Å². The van der Waals surface area contributed by atoms with Crippen LogP contribution in [0.15, 0.2) is 10.3 Å². The molecule has 0 N–H and O–H groups in total. The molecule has 0 aliphatic carbocycles. The molecule has 0 spiro atoms. The van der Waals surface area contributed by atoms with E-state index in [9.17, 15) is 28.8 Å². The largest absolute Gasteiger partial charge is 0.463 e. The van der Waals surface area contributed by atoms with Crippen molar-refractivity contribution in [3.8, 4) is 6.07 Å². The first-order chi connectivity index (χ1) is 14.1. The molecule has 30 heavy (non-hydrogen) atoms. The summed E-state index contributed by atoms with van der Waals surface area (Å²) in [6.45, 7) is 2.77. The van der Waals surface area contributed by atoms with E-state index in [-0.39, 0.29) is 0 Å². The maximum atomic E-state index is 12.4. The number of amides is 1. The van der Waals surface area contributed by atoms with Gasteiger partial charge in [0.25, 0.3) is 11.6 Å². The van der Waals surface area contributed by atoms with Gasteiger partial charge in [-0.2, -0.15) is 10.3 Å². The number of hydrogen-bond acceptors (Lipinski definition) is 13. The van der Waals surface area contributed by atoms with E-state index in [1.807, 2.05) is 0 Å². The highest BCUT2D eigenvalue weighted by Crippen LogP contribution is 2.31. The fourth-order valence-corrected chi connectivity index (χ4v) is 2.72. The predicted molar refractivity (Wildman–Crippen MR) is 87.5 cm³/mol. The first-order valence-electron chi connectivity index (χ1n) is 8.42. The van der Waals surface area contributed by atoms with Gasteiger partial charge in [-0.1, -0.05) is 5.22 Å². The van der Waals surface area contributed by atoms with Crippen LogP contribution in [0.1, 0.15) is 20.8 Å². The van der Waals surface area contributed by atoms with Crippen LogP contribution >= 0.6 is 0 Å². The summed E-state index contributed by atoms with van der Waals surface area (Å²) in [5, 5.41) is 15.8. The van der Waals surface area contributed by atoms with Crippen LogP contribution in [0.2, 0.25) is 0 Å². The summed E-state index contributed by atoms with van der Waals surface area (Å²) in [7, 11) is 0. The van der Waals surface area contributed by atoms with Crippen molar-refractivity contribution < 1.29 is 47.7 Å². The van der Waals surface area contributed by atoms with Crippen molar-refractivity contribution in [2.45, 2.75) is 51.4 Å². The lowest BCUT2D eigenvalue weighted by Gasteiger charge is -2.29. The molecule has 14 nitrogen and oxygen atoms in total. The Labute approximate surface area is 168 Å². The molecule has 2 aliphatic rings. The van der Waals surface area contributed by atoms with Gasteiger partial charge in [0.2, 0.25) is 6.04 Å². The van der Waals surface area contributed by atoms with Crippen molar-refractivity contribution in [1.82, 2.24) is 5.01 Å². The molecule has 5 unspecified atom stereocenters. The van der Waals surface area contributed by atoms with Crippen LogP contribution in [0.5, 0.6) is 0 Å². The van der Waals surface area contributed by atoms with Crippen molar-refractivity contribution in [2.75, 3.05) is 6.61 Å². The molecular weight excluding hydrogens is 408 g/mol. The summed E-state index contributed by atoms with van der Waals surface area (Å²) in [4.78, 5) is 70.2. The van der Waals surface area contributed by atoms with Gasteiger partial charge in [0.1, 0.15) is 18.8 Å². The third-order valence-electron chi connectivity index (χ3n) is 3.87. The predicted octanol–water partition coefficient (Wildman–Crippen LogP) is -1.62. The highest BCUT2D eigenvalue weighted by molar-refractivity contribution is 6.43. The van der Waals surface area contributed by atoms with E-state index in [0.717, 1.165) is 20.8 Å². The zero-order valence-corrected chi connectivity index (χ0v) is 16.0. The summed E-state index contributed by atoms with van der Waals surface area (Å²) in [5.41, 5.74) is 0. The van der Waals surface area contributed by atoms with Crippen LogP contribution in [0, 0.1) is 11.3 Å². The molecule has 1 saturated heterocycles. The Kier molecular flexibility index (Phi) is 6.90. The van der Waals surface area contributed by atoms with E-state index in [2.05, 4.69) is 10.3 Å². The number of carbonyl (C=O) groups is 6. The Morgan fingerprint density at radius 2 is 1.67 bits per heavy atom. The zero-order chi connectivity index (χ0) is 22.6. The van der Waals surface area contributed by atoms with Gasteiger partial charge in [0.05, 0.1) is 0 Å². The highest BCUT2D eigenvalue weighted by atomic mass is 16.7. The summed E-state index contributed by atoms with van der Waals surface area (Å²) in [6.07, 6.45) is -5.58. The molecule has 160 valence electrons. The van der Waals surface area contributed by atoms with Crippen molar-refractivity contribution in [3.63, 3.8) is 0 Å². The van der Waals surface area contributed by atoms with Gasteiger partial charge < -0.3 is 18.9 Å². The fraction of sp³-hybridized carbons (Fsp3) is 0.562. The standard InChI is InChI=1S/C16H16N4O10/c1-6(21)27-5-10-13(28-7(2)22)14(29-8(3)23)16(30-10)20-15(26)12(25)11(18-19-20)9(24)4-17/h10-11,13-14,16H,5H2,1-3H3. The zero-order valence-electron chi connectivity index (χ0n) is 16.0. The van der Waals surface area contributed by atoms with E-state index in [1.54, 1.807) is 0 Å². The number of ketones is 2. The van der Waals surface area contributed by atoms with E-state index in [4.69, 9.17) is 24.2 Å². The van der Waals surface area contributed by atoms with Crippen LogP contribution < -0.4 is 0 Å². The quantitative estimate of drug-likeness (QED) is 0.156. The average molecular weight is 424 g/mol. The third kappa shape index (κ3) is 4.81. The maximum Gasteiger partial charge on any atom is 0.316 e. The lowest BCUT2D eigenvalue weighted by atomic mass is 10.1. The minimum Gasteiger partial charge on any atom is -0.463 e. The van der Waals surface area contributed by atoms with Gasteiger partial charge in [0.15, 0.2) is 18.4 Å². The Morgan fingerprint density at radius 1 is 1.07 bits per heavy atom. The number of carbonyl (C=O) groups excluding carboxylic acids is 6. The summed E-state index contributed by atoms with van der Waals surface area (Å²) < 4.78 is 20.6. The molecule has 0 radical (unpaired) electrons. The fourth-order valence-electron chi connectivity index (χ4n) is 2.72. The molecule has 2 aliphatic heterocycles. The third-order valence-corrected chi connectivity index (χ3v) is 3.87. The minimum absolute atomic E-state index is 0.404. The van der Waals surface area contributed by atoms with Crippen LogP contribution in [-0.4, -0.2) is 77.6 Å². The van der Waals surface area contributed by atoms with Crippen molar-refractivity contribution in [2.24, 2.45) is 10.3 Å². The molecule has 0 bridgehead atoms. The number of ether oxygens (including phenoxy) is 4. The topological polar surface area (TPSA) is 191 Å². The second-order valence-electron chi connectivity index (χ2n) is 6.11. The SMILES string of the molecule is CC(=O)OCC1OC(N2N=NC(C(=O)C#N)C(=O)C2=O)C(OC(C)=O)C1OC(C)=O. The maximum absolute atomic E-state index is 12.4. The molecular formula is C16H16N4O10. The van der Waals surface area contributed by atoms with Crippen molar-refractivity contribution >= 4 is 35.4 Å². The van der Waals surface area contributed by atoms with Crippen molar-refractivity contribution in [1.29, 1.82) is 5.26 Å². The van der Waals surface area contributed by atoms with Gasteiger partial charge in [0, 0.05) is 20.8 Å². The number of nitriles is 1. The molecule has 5 atom stereocenters. The average Bonchev–Trinajstić information content (AvgIpc) is 2.97. The lowest BCUT2D eigenvalue weighted by molar-refractivity contribution is -0.175. The summed E-state index contributed by atoms with van der Waals surface area (Å²) >= 11 is 0. The number of hydrogen-bond donors (Lipinski definition) is 0. The smallest absolute Gasteiger partial charge is 0.316 e. The molecule has 0 saturated carbocycles. The lowest BCUT2D eigenvalue weighted by Crippen LogP contribution is -2.53. The Balaban J connectivity index is 2.39. The second kappa shape index (κ2) is 9.18. The van der Waals surface area contributed by atoms with E-state index < -0.39 is 72.6 Å². The summed E-state index contributed by atoms with van der Waals surface area (Å²) in [5.74, 6) is -6.33. The highest BCUT2D eigenvalue weighted by Gasteiger charge is 2.55. The van der Waals surface area contributed by atoms with Crippen LogP contribution in [0.25, 0.3) is 0 Å². The minimum atomic E-state index is -1.92. The molecule has 1 amide bonds. The molecule has 0 aromatic heterocycles. The molecule has 0 aromatic rings. The van der Waals surface area contributed by atoms with Gasteiger partial charge in [-0.25, -0.2) is 0 Å². The Bertz CT molecular complexity index is 863. The first-order valence-corrected chi connectivity index (χ1v) is 8.42.